The average Bonchev–Trinajstić information content (AvgIpc) is 3.10. The molecule has 0 fully saturated rings. The van der Waals surface area contributed by atoms with Gasteiger partial charge in [0.05, 0.1) is 0 Å². The number of hydrogen-bond acceptors (Lipinski definition) is 0. The van der Waals surface area contributed by atoms with E-state index in [0.29, 0.717) is 5.92 Å². The van der Waals surface area contributed by atoms with Gasteiger partial charge in [-0.1, -0.05) is 153 Å². The molecule has 0 bridgehead atoms. The first-order valence-corrected chi connectivity index (χ1v) is 16.0. The van der Waals surface area contributed by atoms with E-state index in [-0.39, 0.29) is 0 Å². The van der Waals surface area contributed by atoms with Gasteiger partial charge in [0, 0.05) is 0 Å². The van der Waals surface area contributed by atoms with Crippen molar-refractivity contribution in [2.24, 2.45) is 0 Å². The Balaban J connectivity index is 1.29. The maximum Gasteiger partial charge on any atom is -0.00262 e. The van der Waals surface area contributed by atoms with Crippen molar-refractivity contribution in [1.29, 1.82) is 0 Å². The third-order valence-electron chi connectivity index (χ3n) is 9.89. The van der Waals surface area contributed by atoms with Crippen LogP contribution in [0.4, 0.5) is 0 Å². The van der Waals surface area contributed by atoms with E-state index in [4.69, 9.17) is 0 Å². The summed E-state index contributed by atoms with van der Waals surface area (Å²) in [7, 11) is 0. The zero-order valence-electron chi connectivity index (χ0n) is 25.3. The van der Waals surface area contributed by atoms with Crippen LogP contribution in [0.15, 0.2) is 158 Å². The smallest absolute Gasteiger partial charge is 0.00262 e. The quantitative estimate of drug-likeness (QED) is 0.185. The molecule has 0 aliphatic heterocycles. The van der Waals surface area contributed by atoms with Crippen LogP contribution in [-0.4, -0.2) is 0 Å². The van der Waals surface area contributed by atoms with Gasteiger partial charge in [-0.05, 0) is 112 Å². The fraction of sp³-hybridized carbons (Fsp3) is 0.0667. The molecule has 1 aliphatic carbocycles. The van der Waals surface area contributed by atoms with Gasteiger partial charge < -0.3 is 0 Å². The van der Waals surface area contributed by atoms with Crippen molar-refractivity contribution in [3.8, 4) is 44.5 Å². The molecule has 0 spiro atoms. The fourth-order valence-electron chi connectivity index (χ4n) is 7.82. The molecule has 1 atom stereocenters. The van der Waals surface area contributed by atoms with Crippen molar-refractivity contribution < 1.29 is 0 Å². The lowest BCUT2D eigenvalue weighted by Gasteiger charge is -2.27. The standard InChI is InChI=1S/C45H32/c1-29-26-32-22-23-33(37-21-11-15-30-12-5-6-16-36(30)37)27-42(32)43-28-34(24-25-35(29)43)45-40-19-9-7-17-38(40)44(31-13-3-2-4-14-31)39-18-8-10-20-41(39)45/h2-25,27-29H,26H2,1H3. The molecular formula is C45H32. The van der Waals surface area contributed by atoms with Crippen molar-refractivity contribution in [3.63, 3.8) is 0 Å². The molecule has 0 saturated heterocycles. The lowest BCUT2D eigenvalue weighted by Crippen LogP contribution is -2.09. The second kappa shape index (κ2) is 10.3. The lowest BCUT2D eigenvalue weighted by atomic mass is 9.77. The highest BCUT2D eigenvalue weighted by Crippen LogP contribution is 2.47. The maximum atomic E-state index is 2.48. The van der Waals surface area contributed by atoms with Crippen molar-refractivity contribution in [2.45, 2.75) is 19.3 Å². The van der Waals surface area contributed by atoms with Crippen LogP contribution in [-0.2, 0) is 6.42 Å². The topological polar surface area (TPSA) is 0 Å². The highest BCUT2D eigenvalue weighted by Gasteiger charge is 2.24. The summed E-state index contributed by atoms with van der Waals surface area (Å²) in [6.45, 7) is 2.37. The van der Waals surface area contributed by atoms with Crippen LogP contribution in [0.5, 0.6) is 0 Å². The Hall–Kier alpha value is -5.46. The number of rotatable bonds is 3. The molecule has 9 rings (SSSR count). The molecule has 1 unspecified atom stereocenters. The highest BCUT2D eigenvalue weighted by atomic mass is 14.3. The van der Waals surface area contributed by atoms with Gasteiger partial charge in [0.25, 0.3) is 0 Å². The van der Waals surface area contributed by atoms with E-state index in [1.807, 2.05) is 0 Å². The molecule has 8 aromatic rings. The second-order valence-electron chi connectivity index (χ2n) is 12.5. The molecule has 8 aromatic carbocycles. The normalized spacial score (nSPS) is 14.0. The largest absolute Gasteiger partial charge is 0.0622 e. The Labute approximate surface area is 264 Å². The van der Waals surface area contributed by atoms with Crippen LogP contribution in [0.1, 0.15) is 24.0 Å². The molecule has 0 heterocycles. The Morgan fingerprint density at radius 3 is 1.67 bits per heavy atom. The van der Waals surface area contributed by atoms with Crippen molar-refractivity contribution in [3.05, 3.63) is 169 Å². The monoisotopic (exact) mass is 572 g/mol. The van der Waals surface area contributed by atoms with Crippen LogP contribution < -0.4 is 0 Å². The predicted molar refractivity (Wildman–Crippen MR) is 193 cm³/mol. The first-order chi connectivity index (χ1) is 22.2. The number of benzene rings is 8. The minimum Gasteiger partial charge on any atom is -0.0622 e. The number of fused-ring (bicyclic) bond motifs is 6. The first-order valence-electron chi connectivity index (χ1n) is 16.0. The van der Waals surface area contributed by atoms with E-state index >= 15 is 0 Å². The van der Waals surface area contributed by atoms with Crippen molar-refractivity contribution in [1.82, 2.24) is 0 Å². The molecule has 0 heteroatoms. The van der Waals surface area contributed by atoms with Gasteiger partial charge in [0.1, 0.15) is 0 Å². The summed E-state index contributed by atoms with van der Waals surface area (Å²) >= 11 is 0. The Kier molecular flexibility index (Phi) is 5.96. The lowest BCUT2D eigenvalue weighted by molar-refractivity contribution is 0.749. The summed E-state index contributed by atoms with van der Waals surface area (Å²) in [6.07, 6.45) is 1.06. The van der Waals surface area contributed by atoms with E-state index in [0.717, 1.165) is 6.42 Å². The molecule has 212 valence electrons. The molecule has 0 nitrogen and oxygen atoms in total. The average molecular weight is 573 g/mol. The van der Waals surface area contributed by atoms with Crippen LogP contribution >= 0.6 is 0 Å². The molecule has 0 radical (unpaired) electrons. The zero-order chi connectivity index (χ0) is 29.9. The first kappa shape index (κ1) is 26.0. The van der Waals surface area contributed by atoms with Gasteiger partial charge in [-0.15, -0.1) is 0 Å². The minimum atomic E-state index is 0.471. The Morgan fingerprint density at radius 2 is 0.956 bits per heavy atom. The molecule has 45 heavy (non-hydrogen) atoms. The SMILES string of the molecule is CC1Cc2ccc(-c3cccc4ccccc34)cc2-c2cc(-c3c4ccccc4c(-c4ccccc4)c4ccccc34)ccc21. The van der Waals surface area contributed by atoms with Crippen molar-refractivity contribution >= 4 is 32.3 Å². The summed E-state index contributed by atoms with van der Waals surface area (Å²) in [5, 5.41) is 7.76. The Bertz CT molecular complexity index is 2350. The second-order valence-corrected chi connectivity index (χ2v) is 12.5. The molecular weight excluding hydrogens is 540 g/mol. The zero-order valence-corrected chi connectivity index (χ0v) is 25.3. The molecule has 0 amide bonds. The fourth-order valence-corrected chi connectivity index (χ4v) is 7.82. The van der Waals surface area contributed by atoms with Gasteiger partial charge in [-0.2, -0.15) is 0 Å². The van der Waals surface area contributed by atoms with Gasteiger partial charge >= 0.3 is 0 Å². The van der Waals surface area contributed by atoms with Crippen LogP contribution in [0.3, 0.4) is 0 Å². The molecule has 0 saturated carbocycles. The summed E-state index contributed by atoms with van der Waals surface area (Å²) in [6, 6.07) is 58.5. The highest BCUT2D eigenvalue weighted by molar-refractivity contribution is 6.21. The van der Waals surface area contributed by atoms with Crippen molar-refractivity contribution in [2.75, 3.05) is 0 Å². The predicted octanol–water partition coefficient (Wildman–Crippen LogP) is 12.5. The van der Waals surface area contributed by atoms with Gasteiger partial charge in [0.2, 0.25) is 0 Å². The summed E-state index contributed by atoms with van der Waals surface area (Å²) < 4.78 is 0. The summed E-state index contributed by atoms with van der Waals surface area (Å²) in [5.74, 6) is 0.471. The van der Waals surface area contributed by atoms with Gasteiger partial charge in [-0.25, -0.2) is 0 Å². The summed E-state index contributed by atoms with van der Waals surface area (Å²) in [5.41, 5.74) is 13.3. The molecule has 1 aliphatic rings. The van der Waals surface area contributed by atoms with Crippen LogP contribution in [0.25, 0.3) is 76.8 Å². The van der Waals surface area contributed by atoms with E-state index in [1.165, 1.54) is 88.0 Å². The summed E-state index contributed by atoms with van der Waals surface area (Å²) in [4.78, 5) is 0. The van der Waals surface area contributed by atoms with Crippen LogP contribution in [0, 0.1) is 0 Å². The van der Waals surface area contributed by atoms with E-state index in [1.54, 1.807) is 0 Å². The van der Waals surface area contributed by atoms with E-state index in [2.05, 4.69) is 165 Å². The van der Waals surface area contributed by atoms with Gasteiger partial charge in [-0.3, -0.25) is 0 Å². The molecule has 0 N–H and O–H groups in total. The minimum absolute atomic E-state index is 0.471. The third kappa shape index (κ3) is 4.14. The maximum absolute atomic E-state index is 2.48. The van der Waals surface area contributed by atoms with Gasteiger partial charge in [0.15, 0.2) is 0 Å². The van der Waals surface area contributed by atoms with E-state index < -0.39 is 0 Å². The number of hydrogen-bond donors (Lipinski definition) is 0. The third-order valence-corrected chi connectivity index (χ3v) is 9.89. The van der Waals surface area contributed by atoms with E-state index in [9.17, 15) is 0 Å². The van der Waals surface area contributed by atoms with Crippen LogP contribution in [0.2, 0.25) is 0 Å². The molecule has 0 aromatic heterocycles. The Morgan fingerprint density at radius 1 is 0.400 bits per heavy atom.